The molecule has 0 aliphatic rings. The molecular formula is C13H24N2O3S3. The summed E-state index contributed by atoms with van der Waals surface area (Å²) in [5.74, 6) is 0.810. The largest absolute Gasteiger partial charge is 0.444 e. The molecule has 0 aliphatic carbocycles. The minimum Gasteiger partial charge on any atom is -0.444 e. The molecule has 0 saturated heterocycles. The van der Waals surface area contributed by atoms with E-state index in [-0.39, 0.29) is 11.2 Å². The fourth-order valence-electron chi connectivity index (χ4n) is 1.16. The zero-order valence-corrected chi connectivity index (χ0v) is 15.6. The normalized spacial score (nSPS) is 12.4. The number of ether oxygens (including phenoxy) is 1. The number of thioether (sulfide) groups is 2. The topological polar surface area (TPSA) is 67.4 Å². The smallest absolute Gasteiger partial charge is 0.407 e. The first-order chi connectivity index (χ1) is 9.65. The highest BCUT2D eigenvalue weighted by atomic mass is 32.2. The summed E-state index contributed by atoms with van der Waals surface area (Å²) >= 11 is 8.07. The molecule has 0 bridgehead atoms. The van der Waals surface area contributed by atoms with E-state index in [0.29, 0.717) is 13.1 Å². The van der Waals surface area contributed by atoms with E-state index in [9.17, 15) is 9.59 Å². The van der Waals surface area contributed by atoms with E-state index >= 15 is 0 Å². The van der Waals surface area contributed by atoms with Gasteiger partial charge in [-0.25, -0.2) is 4.79 Å². The second-order valence-electron chi connectivity index (χ2n) is 5.16. The van der Waals surface area contributed by atoms with E-state index in [1.54, 1.807) is 32.5 Å². The van der Waals surface area contributed by atoms with Crippen molar-refractivity contribution in [2.45, 2.75) is 45.5 Å². The first-order valence-corrected chi connectivity index (χ1v) is 9.01. The molecule has 0 fully saturated rings. The zero-order chi connectivity index (χ0) is 16.5. The lowest BCUT2D eigenvalue weighted by atomic mass is 10.2. The number of carbonyl (C=O) groups is 2. The Morgan fingerprint density at radius 3 is 2.33 bits per heavy atom. The van der Waals surface area contributed by atoms with Crippen LogP contribution in [0.15, 0.2) is 0 Å². The lowest BCUT2D eigenvalue weighted by molar-refractivity contribution is -0.120. The molecule has 1 atom stereocenters. The summed E-state index contributed by atoms with van der Waals surface area (Å²) in [4.78, 5) is 23.2. The lowest BCUT2D eigenvalue weighted by Crippen LogP contribution is -2.39. The molecule has 0 spiro atoms. The van der Waals surface area contributed by atoms with Gasteiger partial charge in [-0.05, 0) is 33.4 Å². The average molecular weight is 353 g/mol. The fourth-order valence-corrected chi connectivity index (χ4v) is 3.72. The highest BCUT2D eigenvalue weighted by Gasteiger charge is 2.17. The number of nitrogens with one attached hydrogen (secondary N) is 2. The summed E-state index contributed by atoms with van der Waals surface area (Å²) in [5, 5.41) is 5.09. The Morgan fingerprint density at radius 2 is 1.81 bits per heavy atom. The zero-order valence-electron chi connectivity index (χ0n) is 13.1. The van der Waals surface area contributed by atoms with E-state index in [1.165, 1.54) is 11.8 Å². The van der Waals surface area contributed by atoms with Gasteiger partial charge in [-0.1, -0.05) is 30.9 Å². The Balaban J connectivity index is 3.84. The second kappa shape index (κ2) is 10.3. The Labute approximate surface area is 140 Å². The van der Waals surface area contributed by atoms with Crippen molar-refractivity contribution in [3.05, 3.63) is 0 Å². The van der Waals surface area contributed by atoms with Crippen molar-refractivity contribution in [1.82, 2.24) is 10.6 Å². The third-order valence-electron chi connectivity index (χ3n) is 2.00. The molecule has 1 unspecified atom stereocenters. The van der Waals surface area contributed by atoms with Gasteiger partial charge in [0.05, 0.1) is 5.25 Å². The van der Waals surface area contributed by atoms with Crippen molar-refractivity contribution in [2.24, 2.45) is 0 Å². The molecule has 21 heavy (non-hydrogen) atoms. The highest BCUT2D eigenvalue weighted by molar-refractivity contribution is 8.47. The van der Waals surface area contributed by atoms with Crippen LogP contribution in [0.2, 0.25) is 0 Å². The summed E-state index contributed by atoms with van der Waals surface area (Å²) in [6, 6.07) is 0. The fraction of sp³-hybridized carbons (Fsp3) is 0.769. The Morgan fingerprint density at radius 1 is 1.24 bits per heavy atom. The van der Waals surface area contributed by atoms with Crippen molar-refractivity contribution in [2.75, 3.05) is 18.8 Å². The van der Waals surface area contributed by atoms with Crippen LogP contribution in [-0.2, 0) is 9.53 Å². The third-order valence-corrected chi connectivity index (χ3v) is 4.57. The maximum Gasteiger partial charge on any atom is 0.407 e. The van der Waals surface area contributed by atoms with Crippen molar-refractivity contribution in [3.8, 4) is 0 Å². The number of rotatable bonds is 6. The SMILES string of the molecule is CCSC(=S)SC(C)C(=O)NCCNC(=O)OC(C)(C)C. The third kappa shape index (κ3) is 11.8. The molecule has 0 radical (unpaired) electrons. The molecule has 2 N–H and O–H groups in total. The van der Waals surface area contributed by atoms with Crippen LogP contribution in [0, 0.1) is 0 Å². The molecule has 0 rings (SSSR count). The van der Waals surface area contributed by atoms with Crippen LogP contribution < -0.4 is 10.6 Å². The molecular weight excluding hydrogens is 328 g/mol. The number of thiocarbonyl (C=S) groups is 1. The Bertz CT molecular complexity index is 370. The van der Waals surface area contributed by atoms with E-state index in [4.69, 9.17) is 17.0 Å². The van der Waals surface area contributed by atoms with Crippen LogP contribution in [-0.4, -0.2) is 45.2 Å². The summed E-state index contributed by atoms with van der Waals surface area (Å²) < 4.78 is 5.86. The van der Waals surface area contributed by atoms with E-state index < -0.39 is 11.7 Å². The molecule has 0 aromatic rings. The first-order valence-electron chi connectivity index (χ1n) is 6.73. The van der Waals surface area contributed by atoms with Crippen LogP contribution >= 0.6 is 35.7 Å². The predicted octanol–water partition coefficient (Wildman–Crippen LogP) is 2.79. The molecule has 122 valence electrons. The molecule has 5 nitrogen and oxygen atoms in total. The highest BCUT2D eigenvalue weighted by Crippen LogP contribution is 2.21. The van der Waals surface area contributed by atoms with Gasteiger partial charge in [0.2, 0.25) is 5.91 Å². The van der Waals surface area contributed by atoms with E-state index in [1.807, 2.05) is 13.8 Å². The molecule has 2 amide bonds. The quantitative estimate of drug-likeness (QED) is 0.566. The lowest BCUT2D eigenvalue weighted by Gasteiger charge is -2.19. The van der Waals surface area contributed by atoms with Gasteiger partial charge in [-0.2, -0.15) is 0 Å². The molecule has 0 heterocycles. The van der Waals surface area contributed by atoms with Gasteiger partial charge in [0.15, 0.2) is 0 Å². The van der Waals surface area contributed by atoms with Crippen LogP contribution in [0.25, 0.3) is 0 Å². The van der Waals surface area contributed by atoms with Gasteiger partial charge in [-0.3, -0.25) is 4.79 Å². The van der Waals surface area contributed by atoms with Crippen molar-refractivity contribution < 1.29 is 14.3 Å². The summed E-state index contributed by atoms with van der Waals surface area (Å²) in [7, 11) is 0. The van der Waals surface area contributed by atoms with Crippen molar-refractivity contribution >= 4 is 51.3 Å². The Kier molecular flexibility index (Phi) is 10.1. The van der Waals surface area contributed by atoms with Gasteiger partial charge in [0.25, 0.3) is 0 Å². The average Bonchev–Trinajstić information content (AvgIpc) is 2.32. The summed E-state index contributed by atoms with van der Waals surface area (Å²) in [5.41, 5.74) is -0.523. The molecule has 0 aromatic carbocycles. The number of hydrogen-bond acceptors (Lipinski definition) is 6. The van der Waals surface area contributed by atoms with Gasteiger partial charge in [0.1, 0.15) is 9.13 Å². The van der Waals surface area contributed by atoms with Crippen LogP contribution in [0.4, 0.5) is 4.79 Å². The second-order valence-corrected chi connectivity index (χ2v) is 8.97. The number of amides is 2. The Hall–Kier alpha value is -0.470. The van der Waals surface area contributed by atoms with Gasteiger partial charge in [-0.15, -0.1) is 11.8 Å². The van der Waals surface area contributed by atoms with E-state index in [0.717, 1.165) is 9.28 Å². The predicted molar refractivity (Wildman–Crippen MR) is 95.0 cm³/mol. The van der Waals surface area contributed by atoms with Crippen molar-refractivity contribution in [3.63, 3.8) is 0 Å². The number of hydrogen-bond donors (Lipinski definition) is 2. The number of carbonyl (C=O) groups excluding carboxylic acids is 2. The molecule has 0 aliphatic heterocycles. The van der Waals surface area contributed by atoms with Gasteiger partial charge < -0.3 is 15.4 Å². The van der Waals surface area contributed by atoms with Crippen molar-refractivity contribution in [1.29, 1.82) is 0 Å². The van der Waals surface area contributed by atoms with Gasteiger partial charge in [0, 0.05) is 13.1 Å². The monoisotopic (exact) mass is 352 g/mol. The summed E-state index contributed by atoms with van der Waals surface area (Å²) in [6.07, 6.45) is -0.486. The van der Waals surface area contributed by atoms with Crippen LogP contribution in [0.5, 0.6) is 0 Å². The summed E-state index contributed by atoms with van der Waals surface area (Å²) in [6.45, 7) is 9.90. The standard InChI is InChI=1S/C13H24N2O3S3/c1-6-20-12(19)21-9(2)10(16)14-7-8-15-11(17)18-13(3,4)5/h9H,6-8H2,1-5H3,(H,14,16)(H,15,17). The van der Waals surface area contributed by atoms with Gasteiger partial charge >= 0.3 is 6.09 Å². The van der Waals surface area contributed by atoms with Crippen LogP contribution in [0.3, 0.4) is 0 Å². The molecule has 0 aromatic heterocycles. The maximum atomic E-state index is 11.8. The van der Waals surface area contributed by atoms with Crippen LogP contribution in [0.1, 0.15) is 34.6 Å². The molecule has 0 saturated carbocycles. The molecule has 8 heteroatoms. The number of alkyl carbamates (subject to hydrolysis) is 1. The minimum absolute atomic E-state index is 0.0926. The van der Waals surface area contributed by atoms with E-state index in [2.05, 4.69) is 10.6 Å². The minimum atomic E-state index is -0.523. The first kappa shape index (κ1) is 20.5. The maximum absolute atomic E-state index is 11.8.